The van der Waals surface area contributed by atoms with Gasteiger partial charge in [0.15, 0.2) is 0 Å². The van der Waals surface area contributed by atoms with Crippen LogP contribution in [-0.4, -0.2) is 0 Å². The Bertz CT molecular complexity index is 503. The van der Waals surface area contributed by atoms with Gasteiger partial charge in [-0.1, -0.05) is 18.2 Å². The molecule has 0 saturated heterocycles. The summed E-state index contributed by atoms with van der Waals surface area (Å²) in [5.74, 6) is 0.999. The van der Waals surface area contributed by atoms with Crippen LogP contribution >= 0.6 is 0 Å². The van der Waals surface area contributed by atoms with Gasteiger partial charge in [0.2, 0.25) is 0 Å². The molecule has 0 aliphatic heterocycles. The van der Waals surface area contributed by atoms with Gasteiger partial charge in [-0.3, -0.25) is 0 Å². The number of allylic oxidation sites excluding steroid dienone is 1. The molecule has 2 rings (SSSR count). The third-order valence-corrected chi connectivity index (χ3v) is 2.67. The first-order valence-corrected chi connectivity index (χ1v) is 4.75. The van der Waals surface area contributed by atoms with E-state index < -0.39 is 0 Å². The second kappa shape index (κ2) is 3.02. The minimum atomic E-state index is 0.963. The summed E-state index contributed by atoms with van der Waals surface area (Å²) in [6.07, 6.45) is 0. The summed E-state index contributed by atoms with van der Waals surface area (Å²) in [6.45, 7) is 10.0. The molecule has 0 radical (unpaired) electrons. The van der Waals surface area contributed by atoms with Crippen molar-refractivity contribution in [2.24, 2.45) is 0 Å². The highest BCUT2D eigenvalue weighted by molar-refractivity contribution is 5.85. The third-order valence-electron chi connectivity index (χ3n) is 2.67. The largest absolute Gasteiger partial charge is 0.461 e. The molecule has 1 nitrogen and oxygen atoms in total. The lowest BCUT2D eigenvalue weighted by atomic mass is 10.1. The molecule has 0 saturated carbocycles. The Morgan fingerprint density at radius 3 is 2.64 bits per heavy atom. The molecule has 0 atom stereocenters. The van der Waals surface area contributed by atoms with Gasteiger partial charge >= 0.3 is 0 Å². The van der Waals surface area contributed by atoms with E-state index >= 15 is 0 Å². The fraction of sp³-hybridized carbons (Fsp3) is 0.231. The number of rotatable bonds is 1. The van der Waals surface area contributed by atoms with Crippen molar-refractivity contribution in [3.05, 3.63) is 41.7 Å². The zero-order chi connectivity index (χ0) is 10.3. The fourth-order valence-corrected chi connectivity index (χ4v) is 1.61. The van der Waals surface area contributed by atoms with Crippen LogP contribution in [0.1, 0.15) is 23.8 Å². The lowest BCUT2D eigenvalue weighted by Gasteiger charge is -1.98. The van der Waals surface area contributed by atoms with Gasteiger partial charge in [0, 0.05) is 5.39 Å². The Balaban J connectivity index is 2.76. The molecule has 2 aromatic rings. The number of aryl methyl sites for hydroxylation is 2. The second-order valence-corrected chi connectivity index (χ2v) is 3.77. The maximum atomic E-state index is 5.60. The first-order valence-electron chi connectivity index (χ1n) is 4.75. The van der Waals surface area contributed by atoms with E-state index in [4.69, 9.17) is 4.42 Å². The van der Waals surface area contributed by atoms with E-state index in [9.17, 15) is 0 Å². The summed E-state index contributed by atoms with van der Waals surface area (Å²) in [7, 11) is 0. The van der Waals surface area contributed by atoms with Gasteiger partial charge < -0.3 is 4.42 Å². The van der Waals surface area contributed by atoms with Crippen LogP contribution in [0.5, 0.6) is 0 Å². The van der Waals surface area contributed by atoms with Crippen LogP contribution in [0, 0.1) is 13.8 Å². The summed E-state index contributed by atoms with van der Waals surface area (Å²) in [5, 5.41) is 1.20. The SMILES string of the molecule is C=C(C)c1ccc2oc(C)c(C)c2c1. The van der Waals surface area contributed by atoms with E-state index in [1.165, 1.54) is 16.5 Å². The molecular formula is C13H14O. The molecule has 1 aromatic carbocycles. The van der Waals surface area contributed by atoms with Gasteiger partial charge in [-0.15, -0.1) is 0 Å². The average molecular weight is 186 g/mol. The molecule has 0 aliphatic rings. The highest BCUT2D eigenvalue weighted by Crippen LogP contribution is 2.27. The Morgan fingerprint density at radius 2 is 2.00 bits per heavy atom. The first kappa shape index (κ1) is 9.07. The minimum Gasteiger partial charge on any atom is -0.461 e. The zero-order valence-corrected chi connectivity index (χ0v) is 8.85. The Morgan fingerprint density at radius 1 is 1.29 bits per heavy atom. The van der Waals surface area contributed by atoms with Crippen molar-refractivity contribution >= 4 is 16.5 Å². The standard InChI is InChI=1S/C13H14O/c1-8(2)11-5-6-13-12(7-11)9(3)10(4)14-13/h5-7H,1H2,2-4H3. The number of fused-ring (bicyclic) bond motifs is 1. The average Bonchev–Trinajstić information content (AvgIpc) is 2.43. The number of benzene rings is 1. The first-order chi connectivity index (χ1) is 6.59. The van der Waals surface area contributed by atoms with Crippen molar-refractivity contribution in [2.45, 2.75) is 20.8 Å². The predicted molar refractivity (Wildman–Crippen MR) is 60.4 cm³/mol. The quantitative estimate of drug-likeness (QED) is 0.654. The van der Waals surface area contributed by atoms with Gasteiger partial charge in [-0.2, -0.15) is 0 Å². The lowest BCUT2D eigenvalue weighted by molar-refractivity contribution is 0.575. The Kier molecular flexibility index (Phi) is 1.95. The normalized spacial score (nSPS) is 10.8. The molecule has 0 amide bonds. The minimum absolute atomic E-state index is 0.963. The Labute approximate surface area is 84.0 Å². The van der Waals surface area contributed by atoms with Crippen molar-refractivity contribution in [3.63, 3.8) is 0 Å². The van der Waals surface area contributed by atoms with E-state index in [2.05, 4.69) is 19.6 Å². The predicted octanol–water partition coefficient (Wildman–Crippen LogP) is 4.08. The molecule has 14 heavy (non-hydrogen) atoms. The molecular weight excluding hydrogens is 172 g/mol. The van der Waals surface area contributed by atoms with E-state index in [1.807, 2.05) is 26.0 Å². The molecule has 72 valence electrons. The monoisotopic (exact) mass is 186 g/mol. The van der Waals surface area contributed by atoms with E-state index in [1.54, 1.807) is 0 Å². The van der Waals surface area contributed by atoms with Crippen LogP contribution < -0.4 is 0 Å². The van der Waals surface area contributed by atoms with Crippen LogP contribution in [0.25, 0.3) is 16.5 Å². The summed E-state index contributed by atoms with van der Waals surface area (Å²) in [6, 6.07) is 6.20. The summed E-state index contributed by atoms with van der Waals surface area (Å²) >= 11 is 0. The Hall–Kier alpha value is -1.50. The van der Waals surface area contributed by atoms with Crippen molar-refractivity contribution in [3.8, 4) is 0 Å². The molecule has 1 aromatic heterocycles. The van der Waals surface area contributed by atoms with Gasteiger partial charge in [0.1, 0.15) is 11.3 Å². The molecule has 0 fully saturated rings. The summed E-state index contributed by atoms with van der Waals surface area (Å²) in [4.78, 5) is 0. The summed E-state index contributed by atoms with van der Waals surface area (Å²) in [5.41, 5.74) is 4.46. The van der Waals surface area contributed by atoms with Crippen LogP contribution in [0.3, 0.4) is 0 Å². The van der Waals surface area contributed by atoms with Crippen LogP contribution in [0.4, 0.5) is 0 Å². The molecule has 1 heterocycles. The highest BCUT2D eigenvalue weighted by atomic mass is 16.3. The van der Waals surface area contributed by atoms with Gasteiger partial charge in [-0.05, 0) is 44.0 Å². The third kappa shape index (κ3) is 1.25. The smallest absolute Gasteiger partial charge is 0.134 e. The number of furan rings is 1. The van der Waals surface area contributed by atoms with Crippen molar-refractivity contribution < 1.29 is 4.42 Å². The van der Waals surface area contributed by atoms with Gasteiger partial charge in [-0.25, -0.2) is 0 Å². The van der Waals surface area contributed by atoms with Crippen molar-refractivity contribution in [1.29, 1.82) is 0 Å². The van der Waals surface area contributed by atoms with E-state index in [0.717, 1.165) is 16.9 Å². The molecule has 0 bridgehead atoms. The van der Waals surface area contributed by atoms with Crippen molar-refractivity contribution in [1.82, 2.24) is 0 Å². The molecule has 0 N–H and O–H groups in total. The number of hydrogen-bond donors (Lipinski definition) is 0. The summed E-state index contributed by atoms with van der Waals surface area (Å²) < 4.78 is 5.60. The zero-order valence-electron chi connectivity index (χ0n) is 8.85. The van der Waals surface area contributed by atoms with Gasteiger partial charge in [0.25, 0.3) is 0 Å². The maximum absolute atomic E-state index is 5.60. The maximum Gasteiger partial charge on any atom is 0.134 e. The van der Waals surface area contributed by atoms with Crippen LogP contribution in [-0.2, 0) is 0 Å². The van der Waals surface area contributed by atoms with Gasteiger partial charge in [0.05, 0.1) is 0 Å². The molecule has 0 unspecified atom stereocenters. The highest BCUT2D eigenvalue weighted by Gasteiger charge is 2.06. The number of hydrogen-bond acceptors (Lipinski definition) is 1. The molecule has 0 spiro atoms. The topological polar surface area (TPSA) is 13.1 Å². The second-order valence-electron chi connectivity index (χ2n) is 3.77. The lowest BCUT2D eigenvalue weighted by Crippen LogP contribution is -1.77. The van der Waals surface area contributed by atoms with E-state index in [-0.39, 0.29) is 0 Å². The van der Waals surface area contributed by atoms with Crippen LogP contribution in [0.15, 0.2) is 29.2 Å². The molecule has 1 heteroatoms. The van der Waals surface area contributed by atoms with Crippen molar-refractivity contribution in [2.75, 3.05) is 0 Å². The van der Waals surface area contributed by atoms with Crippen LogP contribution in [0.2, 0.25) is 0 Å². The molecule has 0 aliphatic carbocycles. The van der Waals surface area contributed by atoms with E-state index in [0.29, 0.717) is 0 Å². The fourth-order valence-electron chi connectivity index (χ4n) is 1.61.